The van der Waals surface area contributed by atoms with E-state index >= 15 is 0 Å². The summed E-state index contributed by atoms with van der Waals surface area (Å²) in [7, 11) is 1.63. The van der Waals surface area contributed by atoms with Crippen LogP contribution in [0.1, 0.15) is 19.4 Å². The minimum Gasteiger partial charge on any atom is -0.380 e. The van der Waals surface area contributed by atoms with Crippen molar-refractivity contribution in [3.05, 3.63) is 28.2 Å². The summed E-state index contributed by atoms with van der Waals surface area (Å²) in [6.07, 6.45) is 0. The number of hydrogen-bond acceptors (Lipinski definition) is 3. The lowest BCUT2D eigenvalue weighted by Crippen LogP contribution is -2.33. The topological polar surface area (TPSA) is 64.3 Å². The molecule has 0 spiro atoms. The van der Waals surface area contributed by atoms with Gasteiger partial charge < -0.3 is 15.8 Å². The molecule has 0 fully saturated rings. The average molecular weight is 329 g/mol. The number of halogens is 1. The van der Waals surface area contributed by atoms with Gasteiger partial charge in [-0.3, -0.25) is 4.79 Å². The molecule has 1 rings (SSSR count). The van der Waals surface area contributed by atoms with Crippen molar-refractivity contribution in [3.8, 4) is 0 Å². The summed E-state index contributed by atoms with van der Waals surface area (Å²) in [4.78, 5) is 12.2. The second-order valence-corrected chi connectivity index (χ2v) is 5.63. The summed E-state index contributed by atoms with van der Waals surface area (Å²) >= 11 is 3.47. The highest BCUT2D eigenvalue weighted by Crippen LogP contribution is 2.26. The van der Waals surface area contributed by atoms with Crippen molar-refractivity contribution in [2.24, 2.45) is 17.6 Å². The SMILES string of the molecule is COCc1c(Br)cccc1NC(=O)C(CN)C(C)C. The van der Waals surface area contributed by atoms with Gasteiger partial charge in [-0.15, -0.1) is 0 Å². The first-order chi connectivity index (χ1) is 9.01. The summed E-state index contributed by atoms with van der Waals surface area (Å²) in [5.74, 6) is -0.0228. The Labute approximate surface area is 122 Å². The minimum atomic E-state index is -0.186. The number of hydrogen-bond donors (Lipinski definition) is 2. The van der Waals surface area contributed by atoms with Crippen LogP contribution in [0.2, 0.25) is 0 Å². The fraction of sp³-hybridized carbons (Fsp3) is 0.500. The van der Waals surface area contributed by atoms with E-state index in [4.69, 9.17) is 10.5 Å². The van der Waals surface area contributed by atoms with Crippen LogP contribution in [0, 0.1) is 11.8 Å². The van der Waals surface area contributed by atoms with Crippen LogP contribution in [0.15, 0.2) is 22.7 Å². The van der Waals surface area contributed by atoms with Crippen molar-refractivity contribution < 1.29 is 9.53 Å². The lowest BCUT2D eigenvalue weighted by atomic mass is 9.95. The molecule has 106 valence electrons. The molecule has 19 heavy (non-hydrogen) atoms. The monoisotopic (exact) mass is 328 g/mol. The van der Waals surface area contributed by atoms with Crippen molar-refractivity contribution in [1.82, 2.24) is 0 Å². The number of methoxy groups -OCH3 is 1. The zero-order chi connectivity index (χ0) is 14.4. The number of carbonyl (C=O) groups is 1. The van der Waals surface area contributed by atoms with E-state index in [2.05, 4.69) is 21.2 Å². The Morgan fingerprint density at radius 1 is 1.47 bits per heavy atom. The van der Waals surface area contributed by atoms with Crippen LogP contribution < -0.4 is 11.1 Å². The molecule has 1 aromatic rings. The standard InChI is InChI=1S/C14H21BrN2O2/c1-9(2)10(7-16)14(18)17-13-6-4-5-12(15)11(13)8-19-3/h4-6,9-10H,7-8,16H2,1-3H3,(H,17,18). The van der Waals surface area contributed by atoms with Gasteiger partial charge in [-0.1, -0.05) is 35.8 Å². The average Bonchev–Trinajstić information content (AvgIpc) is 2.34. The predicted octanol–water partition coefficient (Wildman–Crippen LogP) is 2.76. The first-order valence-electron chi connectivity index (χ1n) is 6.28. The zero-order valence-electron chi connectivity index (χ0n) is 11.6. The molecule has 0 saturated heterocycles. The smallest absolute Gasteiger partial charge is 0.229 e. The molecule has 0 radical (unpaired) electrons. The maximum Gasteiger partial charge on any atom is 0.229 e. The van der Waals surface area contributed by atoms with Crippen molar-refractivity contribution in [1.29, 1.82) is 0 Å². The van der Waals surface area contributed by atoms with Crippen LogP contribution in [0.4, 0.5) is 5.69 Å². The Balaban J connectivity index is 2.93. The van der Waals surface area contributed by atoms with Crippen LogP contribution >= 0.6 is 15.9 Å². The van der Waals surface area contributed by atoms with E-state index in [-0.39, 0.29) is 17.7 Å². The number of carbonyl (C=O) groups excluding carboxylic acids is 1. The molecule has 0 saturated carbocycles. The van der Waals surface area contributed by atoms with Crippen LogP contribution in [-0.4, -0.2) is 19.6 Å². The molecule has 3 N–H and O–H groups in total. The highest BCUT2D eigenvalue weighted by Gasteiger charge is 2.21. The van der Waals surface area contributed by atoms with Crippen LogP contribution in [0.25, 0.3) is 0 Å². The number of rotatable bonds is 6. The highest BCUT2D eigenvalue weighted by atomic mass is 79.9. The summed E-state index contributed by atoms with van der Waals surface area (Å²) in [6, 6.07) is 5.67. The lowest BCUT2D eigenvalue weighted by Gasteiger charge is -2.20. The van der Waals surface area contributed by atoms with E-state index in [9.17, 15) is 4.79 Å². The highest BCUT2D eigenvalue weighted by molar-refractivity contribution is 9.10. The first-order valence-corrected chi connectivity index (χ1v) is 7.07. The third kappa shape index (κ3) is 4.30. The maximum atomic E-state index is 12.2. The zero-order valence-corrected chi connectivity index (χ0v) is 13.2. The molecular weight excluding hydrogens is 308 g/mol. The molecule has 1 atom stereocenters. The molecule has 1 aromatic carbocycles. The molecule has 4 nitrogen and oxygen atoms in total. The van der Waals surface area contributed by atoms with E-state index in [1.807, 2.05) is 32.0 Å². The number of amides is 1. The lowest BCUT2D eigenvalue weighted by molar-refractivity contribution is -0.120. The van der Waals surface area contributed by atoms with Crippen molar-refractivity contribution in [2.45, 2.75) is 20.5 Å². The van der Waals surface area contributed by atoms with E-state index in [1.54, 1.807) is 7.11 Å². The van der Waals surface area contributed by atoms with Gasteiger partial charge in [0.25, 0.3) is 0 Å². The molecule has 1 amide bonds. The fourth-order valence-electron chi connectivity index (χ4n) is 1.87. The summed E-state index contributed by atoms with van der Waals surface area (Å²) in [5.41, 5.74) is 7.35. The molecule has 0 aromatic heterocycles. The van der Waals surface area contributed by atoms with Crippen LogP contribution in [0.3, 0.4) is 0 Å². The van der Waals surface area contributed by atoms with Crippen LogP contribution in [0.5, 0.6) is 0 Å². The van der Waals surface area contributed by atoms with Crippen molar-refractivity contribution in [2.75, 3.05) is 19.0 Å². The summed E-state index contributed by atoms with van der Waals surface area (Å²) in [5, 5.41) is 2.94. The van der Waals surface area contributed by atoms with Gasteiger partial charge in [0.05, 0.1) is 12.5 Å². The van der Waals surface area contributed by atoms with E-state index in [1.165, 1.54) is 0 Å². The molecule has 5 heteroatoms. The second-order valence-electron chi connectivity index (χ2n) is 4.77. The third-order valence-corrected chi connectivity index (χ3v) is 3.80. The molecule has 0 aliphatic heterocycles. The largest absolute Gasteiger partial charge is 0.380 e. The third-order valence-electron chi connectivity index (χ3n) is 3.06. The molecule has 0 aliphatic carbocycles. The number of nitrogens with one attached hydrogen (secondary N) is 1. The van der Waals surface area contributed by atoms with E-state index in [0.717, 1.165) is 15.7 Å². The van der Waals surface area contributed by atoms with Gasteiger partial charge in [0, 0.05) is 29.4 Å². The Morgan fingerprint density at radius 3 is 2.68 bits per heavy atom. The second kappa shape index (κ2) is 7.62. The summed E-state index contributed by atoms with van der Waals surface area (Å²) < 4.78 is 6.08. The number of benzene rings is 1. The Morgan fingerprint density at radius 2 is 2.16 bits per heavy atom. The predicted molar refractivity (Wildman–Crippen MR) is 80.9 cm³/mol. The maximum absolute atomic E-state index is 12.2. The number of nitrogens with two attached hydrogens (primary N) is 1. The minimum absolute atomic E-state index is 0.0482. The van der Waals surface area contributed by atoms with E-state index < -0.39 is 0 Å². The molecule has 0 aliphatic rings. The first kappa shape index (κ1) is 16.1. The van der Waals surface area contributed by atoms with Gasteiger partial charge in [-0.05, 0) is 18.1 Å². The Hall–Kier alpha value is -0.910. The van der Waals surface area contributed by atoms with Crippen LogP contribution in [-0.2, 0) is 16.1 Å². The fourth-order valence-corrected chi connectivity index (χ4v) is 2.35. The van der Waals surface area contributed by atoms with Gasteiger partial charge >= 0.3 is 0 Å². The molecule has 0 bridgehead atoms. The van der Waals surface area contributed by atoms with Gasteiger partial charge in [0.15, 0.2) is 0 Å². The normalized spacial score (nSPS) is 12.5. The van der Waals surface area contributed by atoms with Gasteiger partial charge in [-0.25, -0.2) is 0 Å². The van der Waals surface area contributed by atoms with Crippen molar-refractivity contribution >= 4 is 27.5 Å². The molecule has 1 unspecified atom stereocenters. The summed E-state index contributed by atoms with van der Waals surface area (Å²) in [6.45, 7) is 4.77. The van der Waals surface area contributed by atoms with Crippen molar-refractivity contribution in [3.63, 3.8) is 0 Å². The quantitative estimate of drug-likeness (QED) is 0.843. The van der Waals surface area contributed by atoms with Gasteiger partial charge in [-0.2, -0.15) is 0 Å². The number of anilines is 1. The molecule has 0 heterocycles. The Kier molecular flexibility index (Phi) is 6.48. The van der Waals surface area contributed by atoms with E-state index in [0.29, 0.717) is 13.2 Å². The number of ether oxygens (including phenoxy) is 1. The van der Waals surface area contributed by atoms with Gasteiger partial charge in [0.1, 0.15) is 0 Å². The Bertz CT molecular complexity index is 435. The molecular formula is C14H21BrN2O2. The van der Waals surface area contributed by atoms with Gasteiger partial charge in [0.2, 0.25) is 5.91 Å².